The van der Waals surface area contributed by atoms with E-state index in [2.05, 4.69) is 32.6 Å². The van der Waals surface area contributed by atoms with E-state index in [9.17, 15) is 5.11 Å². The van der Waals surface area contributed by atoms with E-state index in [-0.39, 0.29) is 17.2 Å². The number of β-amino-alcohol motifs (C(OH)–C–C–N with tert-alkyl or cyclic N) is 1. The smallest absolute Gasteiger partial charge is 0.0900 e. The molecule has 2 aliphatic carbocycles. The maximum absolute atomic E-state index is 10.5. The number of likely N-dealkylation sites (tertiary alicyclic amines) is 1. The lowest BCUT2D eigenvalue weighted by Crippen LogP contribution is -2.60. The van der Waals surface area contributed by atoms with Gasteiger partial charge in [0.05, 0.1) is 12.7 Å². The van der Waals surface area contributed by atoms with Gasteiger partial charge in [-0.05, 0) is 84.0 Å². The highest BCUT2D eigenvalue weighted by molar-refractivity contribution is 4.97. The second-order valence-corrected chi connectivity index (χ2v) is 9.72. The van der Waals surface area contributed by atoms with Crippen molar-refractivity contribution in [3.8, 4) is 0 Å². The van der Waals surface area contributed by atoms with Crippen LogP contribution in [0.3, 0.4) is 0 Å². The van der Waals surface area contributed by atoms with E-state index < -0.39 is 0 Å². The number of hydrogen-bond donors (Lipinski definition) is 1. The first-order chi connectivity index (χ1) is 10.8. The van der Waals surface area contributed by atoms with Gasteiger partial charge in [0.1, 0.15) is 0 Å². The lowest BCUT2D eigenvalue weighted by molar-refractivity contribution is -0.0731. The van der Waals surface area contributed by atoms with Crippen LogP contribution >= 0.6 is 0 Å². The highest BCUT2D eigenvalue weighted by atomic mass is 16.5. The van der Waals surface area contributed by atoms with Crippen molar-refractivity contribution in [2.24, 2.45) is 17.8 Å². The lowest BCUT2D eigenvalue weighted by Gasteiger charge is -2.53. The van der Waals surface area contributed by atoms with Crippen LogP contribution in [0.25, 0.3) is 0 Å². The van der Waals surface area contributed by atoms with E-state index >= 15 is 0 Å². The Morgan fingerprint density at radius 2 is 1.78 bits per heavy atom. The van der Waals surface area contributed by atoms with Crippen molar-refractivity contribution < 1.29 is 9.84 Å². The Morgan fingerprint density at radius 3 is 2.35 bits per heavy atom. The molecular formula is C20H37NO2. The molecule has 0 unspecified atom stereocenters. The Hall–Kier alpha value is -0.120. The van der Waals surface area contributed by atoms with Gasteiger partial charge in [0.25, 0.3) is 0 Å². The number of piperidine rings is 1. The van der Waals surface area contributed by atoms with Gasteiger partial charge in [-0.1, -0.05) is 6.42 Å². The Balaban J connectivity index is 1.44. The zero-order chi connectivity index (χ0) is 16.7. The van der Waals surface area contributed by atoms with Crippen LogP contribution in [0.5, 0.6) is 0 Å². The zero-order valence-corrected chi connectivity index (χ0v) is 15.7. The van der Waals surface area contributed by atoms with Gasteiger partial charge in [-0.3, -0.25) is 4.90 Å². The van der Waals surface area contributed by atoms with Gasteiger partial charge < -0.3 is 9.84 Å². The predicted octanol–water partition coefficient (Wildman–Crippen LogP) is 3.84. The van der Waals surface area contributed by atoms with Crippen LogP contribution in [0.2, 0.25) is 0 Å². The lowest BCUT2D eigenvalue weighted by atomic mass is 9.79. The van der Waals surface area contributed by atoms with E-state index in [1.54, 1.807) is 0 Å². The van der Waals surface area contributed by atoms with Crippen molar-refractivity contribution in [2.75, 3.05) is 19.8 Å². The number of aliphatic hydroxyl groups excluding tert-OH is 1. The Bertz CT molecular complexity index is 390. The third kappa shape index (κ3) is 3.93. The molecule has 0 aromatic heterocycles. The molecule has 1 saturated heterocycles. The summed E-state index contributed by atoms with van der Waals surface area (Å²) in [4.78, 5) is 2.51. The van der Waals surface area contributed by atoms with Gasteiger partial charge in [-0.25, -0.2) is 0 Å². The molecule has 4 atom stereocenters. The first-order valence-corrected chi connectivity index (χ1v) is 9.81. The number of ether oxygens (including phenoxy) is 1. The molecule has 0 aromatic carbocycles. The summed E-state index contributed by atoms with van der Waals surface area (Å²) in [6.07, 6.45) is 9.02. The molecule has 3 fully saturated rings. The average Bonchev–Trinajstić information content (AvgIpc) is 3.05. The summed E-state index contributed by atoms with van der Waals surface area (Å²) in [6.45, 7) is 11.4. The highest BCUT2D eigenvalue weighted by Gasteiger charge is 2.42. The molecule has 0 amide bonds. The van der Waals surface area contributed by atoms with E-state index in [0.29, 0.717) is 6.61 Å². The fraction of sp³-hybridized carbons (Fsp3) is 1.00. The zero-order valence-electron chi connectivity index (χ0n) is 15.7. The predicted molar refractivity (Wildman–Crippen MR) is 94.5 cm³/mol. The van der Waals surface area contributed by atoms with Crippen molar-refractivity contribution in [3.63, 3.8) is 0 Å². The first kappa shape index (κ1) is 17.7. The van der Waals surface area contributed by atoms with Crippen molar-refractivity contribution in [2.45, 2.75) is 89.8 Å². The maximum atomic E-state index is 10.5. The molecule has 1 aliphatic heterocycles. The second kappa shape index (κ2) is 6.65. The number of fused-ring (bicyclic) bond motifs is 2. The number of aliphatic hydroxyl groups is 1. The summed E-state index contributed by atoms with van der Waals surface area (Å²) >= 11 is 0. The van der Waals surface area contributed by atoms with E-state index in [1.165, 1.54) is 44.9 Å². The maximum Gasteiger partial charge on any atom is 0.0900 e. The Morgan fingerprint density at radius 1 is 1.09 bits per heavy atom. The summed E-state index contributed by atoms with van der Waals surface area (Å²) in [5.41, 5.74) is 0.348. The molecule has 0 spiro atoms. The minimum Gasteiger partial charge on any atom is -0.389 e. The van der Waals surface area contributed by atoms with Crippen LogP contribution in [0.15, 0.2) is 0 Å². The summed E-state index contributed by atoms with van der Waals surface area (Å²) in [5.74, 6) is 2.66. The van der Waals surface area contributed by atoms with E-state index in [1.807, 2.05) is 0 Å². The molecular weight excluding hydrogens is 286 g/mol. The van der Waals surface area contributed by atoms with Gasteiger partial charge in [-0.15, -0.1) is 0 Å². The highest BCUT2D eigenvalue weighted by Crippen LogP contribution is 2.48. The molecule has 23 heavy (non-hydrogen) atoms. The second-order valence-electron chi connectivity index (χ2n) is 9.72. The summed E-state index contributed by atoms with van der Waals surface area (Å²) in [6, 6.07) is 0. The number of nitrogens with zero attached hydrogens (tertiary/aromatic N) is 1. The van der Waals surface area contributed by atoms with E-state index in [0.717, 1.165) is 30.9 Å². The van der Waals surface area contributed by atoms with Crippen LogP contribution in [0.4, 0.5) is 0 Å². The monoisotopic (exact) mass is 323 g/mol. The number of hydrogen-bond acceptors (Lipinski definition) is 3. The van der Waals surface area contributed by atoms with Crippen LogP contribution in [-0.4, -0.2) is 46.9 Å². The Kier molecular flexibility index (Phi) is 5.11. The van der Waals surface area contributed by atoms with Crippen molar-refractivity contribution in [3.05, 3.63) is 0 Å². The SMILES string of the molecule is CC1(C)CCCC(C)(C)N1C[C@@H](O)COC[C@H]1C[C@@H]2CC[C@@H]1C2. The molecule has 3 aliphatic rings. The van der Waals surface area contributed by atoms with E-state index in [4.69, 9.17) is 4.74 Å². The average molecular weight is 324 g/mol. The topological polar surface area (TPSA) is 32.7 Å². The molecule has 134 valence electrons. The van der Waals surface area contributed by atoms with Gasteiger partial charge in [0.2, 0.25) is 0 Å². The summed E-state index contributed by atoms with van der Waals surface area (Å²) in [7, 11) is 0. The van der Waals surface area contributed by atoms with Gasteiger partial charge in [-0.2, -0.15) is 0 Å². The molecule has 1 N–H and O–H groups in total. The van der Waals surface area contributed by atoms with Crippen molar-refractivity contribution in [1.29, 1.82) is 0 Å². The van der Waals surface area contributed by atoms with Gasteiger partial charge in [0.15, 0.2) is 0 Å². The molecule has 0 radical (unpaired) electrons. The molecule has 3 nitrogen and oxygen atoms in total. The molecule has 0 aromatic rings. The van der Waals surface area contributed by atoms with Crippen LogP contribution in [0.1, 0.15) is 72.6 Å². The van der Waals surface area contributed by atoms with Gasteiger partial charge in [0, 0.05) is 24.2 Å². The molecule has 3 heteroatoms. The fourth-order valence-electron chi connectivity index (χ4n) is 5.74. The van der Waals surface area contributed by atoms with Crippen molar-refractivity contribution in [1.82, 2.24) is 4.90 Å². The summed E-state index contributed by atoms with van der Waals surface area (Å²) < 4.78 is 5.93. The normalized spacial score (nSPS) is 37.2. The summed E-state index contributed by atoms with van der Waals surface area (Å²) in [5, 5.41) is 10.5. The van der Waals surface area contributed by atoms with Gasteiger partial charge >= 0.3 is 0 Å². The quantitative estimate of drug-likeness (QED) is 0.806. The minimum atomic E-state index is -0.370. The molecule has 1 heterocycles. The standard InChI is InChI=1S/C20H37NO2/c1-19(2)8-5-9-20(3,4)21(19)12-18(22)14-23-13-17-11-15-6-7-16(17)10-15/h15-18,22H,5-14H2,1-4H3/t15-,16-,17-,18-/m1/s1. The van der Waals surface area contributed by atoms with Crippen LogP contribution in [-0.2, 0) is 4.74 Å². The largest absolute Gasteiger partial charge is 0.389 e. The van der Waals surface area contributed by atoms with Crippen molar-refractivity contribution >= 4 is 0 Å². The minimum absolute atomic E-state index is 0.174. The fourth-order valence-corrected chi connectivity index (χ4v) is 5.74. The molecule has 2 saturated carbocycles. The number of rotatable bonds is 6. The van der Waals surface area contributed by atoms with Crippen LogP contribution < -0.4 is 0 Å². The third-order valence-electron chi connectivity index (χ3n) is 6.96. The molecule has 3 rings (SSSR count). The van der Waals surface area contributed by atoms with Crippen LogP contribution in [0, 0.1) is 17.8 Å². The Labute approximate surface area is 142 Å². The molecule has 2 bridgehead atoms. The third-order valence-corrected chi connectivity index (χ3v) is 6.96. The first-order valence-electron chi connectivity index (χ1n) is 9.81.